The molecule has 1 aliphatic heterocycles. The fraction of sp³-hybridized carbons (Fsp3) is 0.0769. The van der Waals surface area contributed by atoms with Gasteiger partial charge in [0.25, 0.3) is 0 Å². The molecule has 0 unspecified atom stereocenters. The van der Waals surface area contributed by atoms with Gasteiger partial charge in [-0.3, -0.25) is 0 Å². The average Bonchev–Trinajstić information content (AvgIpc) is 3.25. The van der Waals surface area contributed by atoms with Crippen molar-refractivity contribution in [2.45, 2.75) is 19.3 Å². The molecule has 0 saturated heterocycles. The zero-order chi connectivity index (χ0) is 45.9. The van der Waals surface area contributed by atoms with E-state index in [1.807, 2.05) is 0 Å². The third kappa shape index (κ3) is 6.23. The largest absolute Gasteiger partial charge is 0.455 e. The normalized spacial score (nSPS) is 13.2. The van der Waals surface area contributed by atoms with E-state index >= 15 is 35.1 Å². The van der Waals surface area contributed by atoms with E-state index in [2.05, 4.69) is 0 Å². The minimum atomic E-state index is -4.36. The summed E-state index contributed by atoms with van der Waals surface area (Å²) in [6, 6.07) is 4.94. The second kappa shape index (κ2) is 15.4. The fourth-order valence-corrected chi connectivity index (χ4v) is 11.7. The van der Waals surface area contributed by atoms with Crippen molar-refractivity contribution < 1.29 is 92.5 Å². The molecular formula is C39H12F20OP2. The Morgan fingerprint density at radius 1 is 0.306 bits per heavy atom. The van der Waals surface area contributed by atoms with E-state index in [4.69, 9.17) is 4.74 Å². The summed E-state index contributed by atoms with van der Waals surface area (Å²) in [6.07, 6.45) is 0. The lowest BCUT2D eigenvalue weighted by Crippen LogP contribution is -2.37. The van der Waals surface area contributed by atoms with Gasteiger partial charge >= 0.3 is 0 Å². The van der Waals surface area contributed by atoms with E-state index in [0.717, 1.165) is 24.3 Å². The first-order valence-corrected chi connectivity index (χ1v) is 19.2. The summed E-state index contributed by atoms with van der Waals surface area (Å²) in [5.74, 6) is -58.8. The molecule has 0 atom stereocenters. The predicted octanol–water partition coefficient (Wildman–Crippen LogP) is 10.4. The lowest BCUT2D eigenvalue weighted by atomic mass is 9.76. The van der Waals surface area contributed by atoms with Crippen molar-refractivity contribution in [2.24, 2.45) is 0 Å². The summed E-state index contributed by atoms with van der Waals surface area (Å²) in [6.45, 7) is 2.33. The number of para-hydroxylation sites is 2. The number of rotatable bonds is 6. The van der Waals surface area contributed by atoms with Gasteiger partial charge in [0.05, 0.1) is 21.2 Å². The average molecular weight is 938 g/mol. The Labute approximate surface area is 334 Å². The van der Waals surface area contributed by atoms with Crippen LogP contribution in [-0.4, -0.2) is 0 Å². The van der Waals surface area contributed by atoms with Crippen molar-refractivity contribution in [3.63, 3.8) is 0 Å². The van der Waals surface area contributed by atoms with Gasteiger partial charge in [0.1, 0.15) is 11.5 Å². The van der Waals surface area contributed by atoms with Crippen molar-refractivity contribution in [2.75, 3.05) is 0 Å². The lowest BCUT2D eigenvalue weighted by molar-refractivity contribution is 0.383. The summed E-state index contributed by atoms with van der Waals surface area (Å²) in [7, 11) is -8.71. The van der Waals surface area contributed by atoms with Crippen molar-refractivity contribution in [1.29, 1.82) is 0 Å². The third-order valence-electron chi connectivity index (χ3n) is 9.66. The van der Waals surface area contributed by atoms with Crippen LogP contribution in [0.1, 0.15) is 25.0 Å². The van der Waals surface area contributed by atoms with Gasteiger partial charge in [-0.2, -0.15) is 0 Å². The van der Waals surface area contributed by atoms with Gasteiger partial charge in [0.2, 0.25) is 23.3 Å². The van der Waals surface area contributed by atoms with Gasteiger partial charge in [-0.1, -0.05) is 50.2 Å². The van der Waals surface area contributed by atoms with Crippen LogP contribution in [0.3, 0.4) is 0 Å². The molecule has 62 heavy (non-hydrogen) atoms. The second-order valence-corrected chi connectivity index (χ2v) is 17.5. The van der Waals surface area contributed by atoms with Crippen LogP contribution in [0.2, 0.25) is 0 Å². The van der Waals surface area contributed by atoms with Gasteiger partial charge in [-0.05, 0) is 0 Å². The number of hydrogen-bond acceptors (Lipinski definition) is 1. The Bertz CT molecular complexity index is 2500. The summed E-state index contributed by atoms with van der Waals surface area (Å²) < 4.78 is 307. The summed E-state index contributed by atoms with van der Waals surface area (Å²) in [5.41, 5.74) is -2.65. The molecule has 0 radical (unpaired) electrons. The highest BCUT2D eigenvalue weighted by atomic mass is 31.1. The maximum atomic E-state index is 15.7. The van der Waals surface area contributed by atoms with Gasteiger partial charge in [-0.15, -0.1) is 0 Å². The molecule has 1 nitrogen and oxygen atoms in total. The van der Waals surface area contributed by atoms with Crippen LogP contribution in [0.15, 0.2) is 36.4 Å². The van der Waals surface area contributed by atoms with E-state index in [0.29, 0.717) is 12.1 Å². The molecule has 0 aromatic heterocycles. The van der Waals surface area contributed by atoms with E-state index in [9.17, 15) is 52.7 Å². The Morgan fingerprint density at radius 2 is 0.500 bits per heavy atom. The van der Waals surface area contributed by atoms with E-state index in [1.54, 1.807) is 0 Å². The van der Waals surface area contributed by atoms with Gasteiger partial charge in [-0.25, -0.2) is 87.8 Å². The molecule has 0 amide bonds. The second-order valence-electron chi connectivity index (χ2n) is 13.4. The van der Waals surface area contributed by atoms with E-state index in [-0.39, 0.29) is 11.1 Å². The number of ether oxygens (including phenoxy) is 1. The highest BCUT2D eigenvalue weighted by molar-refractivity contribution is 7.80. The quantitative estimate of drug-likeness (QED) is 0.0700. The van der Waals surface area contributed by atoms with Gasteiger partial charge < -0.3 is 4.74 Å². The zero-order valence-electron chi connectivity index (χ0n) is 29.8. The molecule has 6 aromatic rings. The van der Waals surface area contributed by atoms with Crippen LogP contribution in [0, 0.1) is 116 Å². The minimum absolute atomic E-state index is 0.378. The maximum absolute atomic E-state index is 15.7. The number of benzene rings is 6. The highest BCUT2D eigenvalue weighted by Crippen LogP contribution is 2.54. The highest BCUT2D eigenvalue weighted by Gasteiger charge is 2.46. The molecular weight excluding hydrogens is 926 g/mol. The molecule has 0 bridgehead atoms. The summed E-state index contributed by atoms with van der Waals surface area (Å²) in [4.78, 5) is 0. The lowest BCUT2D eigenvalue weighted by Gasteiger charge is -2.38. The molecule has 7 rings (SSSR count). The standard InChI is InChI=1S/C39H12F20OP2/c1-39(2)9-5-3-7-11(61(35-25(52)17(44)13(40)18(45)26(35)53)36-27(54)19(46)14(41)20(47)28(36)55)33(9)60-34-10(39)6-4-8-12(34)62(37-29(56)21(48)15(42)22(49)30(37)57)38-31(58)23(50)16(43)24(51)32(38)59/h3-8H,1-2H3. The maximum Gasteiger partial charge on any atom is 0.200 e. The first kappa shape index (κ1) is 44.6. The minimum Gasteiger partial charge on any atom is -0.455 e. The SMILES string of the molecule is CC1(C)c2cccc(P(c3c(F)c(F)c(F)c(F)c3F)c3c(F)c(F)c(F)c(F)c3F)c2Oc2c(P(c3c(F)c(F)c(F)c(F)c3F)c3c(F)c(F)c(F)c(F)c3F)cccc21. The smallest absolute Gasteiger partial charge is 0.200 e. The Morgan fingerprint density at radius 3 is 0.710 bits per heavy atom. The number of halogens is 20. The molecule has 324 valence electrons. The van der Waals surface area contributed by atoms with Crippen LogP contribution in [0.4, 0.5) is 87.8 Å². The van der Waals surface area contributed by atoms with Crippen molar-refractivity contribution in [3.05, 3.63) is 164 Å². The molecule has 0 saturated carbocycles. The van der Waals surface area contributed by atoms with Gasteiger partial charge in [0, 0.05) is 43.0 Å². The van der Waals surface area contributed by atoms with Crippen LogP contribution >= 0.6 is 15.8 Å². The first-order chi connectivity index (χ1) is 28.9. The van der Waals surface area contributed by atoms with Crippen molar-refractivity contribution >= 4 is 47.7 Å². The number of hydrogen-bond donors (Lipinski definition) is 0. The van der Waals surface area contributed by atoms with Crippen LogP contribution in [-0.2, 0) is 5.41 Å². The monoisotopic (exact) mass is 938 g/mol. The Kier molecular flexibility index (Phi) is 11.1. The van der Waals surface area contributed by atoms with Crippen molar-refractivity contribution in [1.82, 2.24) is 0 Å². The van der Waals surface area contributed by atoms with Gasteiger partial charge in [0.15, 0.2) is 93.1 Å². The van der Waals surface area contributed by atoms with E-state index in [1.165, 1.54) is 13.8 Å². The molecule has 1 heterocycles. The zero-order valence-corrected chi connectivity index (χ0v) is 31.6. The topological polar surface area (TPSA) is 9.23 Å². The van der Waals surface area contributed by atoms with Crippen LogP contribution in [0.25, 0.3) is 0 Å². The number of fused-ring (bicyclic) bond motifs is 2. The molecule has 0 spiro atoms. The molecule has 0 N–H and O–H groups in total. The summed E-state index contributed by atoms with van der Waals surface area (Å²) >= 11 is 0. The first-order valence-electron chi connectivity index (χ1n) is 16.5. The molecule has 1 aliphatic rings. The Hall–Kier alpha value is -5.42. The van der Waals surface area contributed by atoms with Crippen LogP contribution < -0.4 is 36.6 Å². The fourth-order valence-electron chi connectivity index (χ4n) is 6.71. The molecule has 0 fully saturated rings. The summed E-state index contributed by atoms with van der Waals surface area (Å²) in [5, 5.41) is -11.2. The third-order valence-corrected chi connectivity index (χ3v) is 14.7. The van der Waals surface area contributed by atoms with Crippen LogP contribution in [0.5, 0.6) is 11.5 Å². The Balaban J connectivity index is 1.63. The predicted molar refractivity (Wildman–Crippen MR) is 182 cm³/mol. The molecule has 6 aromatic carbocycles. The molecule has 0 aliphatic carbocycles. The van der Waals surface area contributed by atoms with Crippen molar-refractivity contribution in [3.8, 4) is 11.5 Å². The molecule has 23 heteroatoms. The van der Waals surface area contributed by atoms with E-state index < -0.39 is 181 Å².